The standard InChI is InChI=1S/C22H27N3O5/c1-22(2,3)30-21(29)24-12-14-8-9-17(20(27)28)25(14)19(26)18(24)10-13-11-23-16-7-5-4-6-15(13)16/h4-7,11,14,17-18,23H,8-10,12H2,1-3H3,(H,27,28)/t14-,17+,18+/m0/s1. The molecule has 0 unspecified atom stereocenters. The number of fused-ring (bicyclic) bond motifs is 2. The van der Waals surface area contributed by atoms with Gasteiger partial charge in [0.1, 0.15) is 17.7 Å². The first kappa shape index (κ1) is 20.3. The van der Waals surface area contributed by atoms with Gasteiger partial charge in [0.05, 0.1) is 6.04 Å². The number of carbonyl (C=O) groups is 3. The number of hydrogen-bond acceptors (Lipinski definition) is 4. The lowest BCUT2D eigenvalue weighted by molar-refractivity contribution is -0.155. The maximum Gasteiger partial charge on any atom is 0.411 e. The molecule has 3 heterocycles. The van der Waals surface area contributed by atoms with Crippen LogP contribution < -0.4 is 0 Å². The Labute approximate surface area is 174 Å². The number of aliphatic carboxylic acids is 1. The summed E-state index contributed by atoms with van der Waals surface area (Å²) in [5, 5.41) is 10.6. The highest BCUT2D eigenvalue weighted by Crippen LogP contribution is 2.33. The van der Waals surface area contributed by atoms with Gasteiger partial charge in [-0.25, -0.2) is 9.59 Å². The van der Waals surface area contributed by atoms with Crippen LogP contribution in [0.25, 0.3) is 10.9 Å². The topological polar surface area (TPSA) is 103 Å². The molecule has 2 saturated heterocycles. The fraction of sp³-hybridized carbons (Fsp3) is 0.500. The van der Waals surface area contributed by atoms with Crippen molar-refractivity contribution in [3.63, 3.8) is 0 Å². The zero-order chi connectivity index (χ0) is 21.6. The summed E-state index contributed by atoms with van der Waals surface area (Å²) in [6, 6.07) is 5.81. The summed E-state index contributed by atoms with van der Waals surface area (Å²) in [7, 11) is 0. The van der Waals surface area contributed by atoms with E-state index in [4.69, 9.17) is 4.74 Å². The number of rotatable bonds is 3. The molecule has 30 heavy (non-hydrogen) atoms. The molecule has 0 spiro atoms. The number of carboxylic acids is 1. The molecule has 0 saturated carbocycles. The van der Waals surface area contributed by atoms with Gasteiger partial charge in [-0.2, -0.15) is 0 Å². The monoisotopic (exact) mass is 413 g/mol. The first-order chi connectivity index (χ1) is 14.2. The van der Waals surface area contributed by atoms with Gasteiger partial charge in [0.15, 0.2) is 0 Å². The molecule has 2 aliphatic rings. The van der Waals surface area contributed by atoms with E-state index < -0.39 is 29.7 Å². The molecule has 0 aliphatic carbocycles. The number of amides is 2. The molecular formula is C22H27N3O5. The second-order valence-corrected chi connectivity index (χ2v) is 9.04. The smallest absolute Gasteiger partial charge is 0.411 e. The molecule has 4 rings (SSSR count). The molecule has 2 aliphatic heterocycles. The van der Waals surface area contributed by atoms with Crippen LogP contribution in [0.2, 0.25) is 0 Å². The van der Waals surface area contributed by atoms with E-state index in [1.165, 1.54) is 9.80 Å². The van der Waals surface area contributed by atoms with Crippen LogP contribution in [0, 0.1) is 0 Å². The van der Waals surface area contributed by atoms with Crippen LogP contribution in [0.1, 0.15) is 39.2 Å². The van der Waals surface area contributed by atoms with Crippen molar-refractivity contribution >= 4 is 28.9 Å². The Morgan fingerprint density at radius 2 is 1.97 bits per heavy atom. The van der Waals surface area contributed by atoms with Gasteiger partial charge in [-0.3, -0.25) is 9.69 Å². The highest BCUT2D eigenvalue weighted by atomic mass is 16.6. The molecule has 8 nitrogen and oxygen atoms in total. The Morgan fingerprint density at radius 1 is 1.23 bits per heavy atom. The number of aromatic amines is 1. The number of nitrogens with zero attached hydrogens (tertiary/aromatic N) is 2. The molecule has 2 fully saturated rings. The van der Waals surface area contributed by atoms with Gasteiger partial charge in [0, 0.05) is 30.1 Å². The average molecular weight is 413 g/mol. The number of carbonyl (C=O) groups excluding carboxylic acids is 2. The molecule has 2 amide bonds. The molecule has 2 N–H and O–H groups in total. The van der Waals surface area contributed by atoms with E-state index in [0.29, 0.717) is 12.8 Å². The molecular weight excluding hydrogens is 386 g/mol. The third kappa shape index (κ3) is 3.62. The van der Waals surface area contributed by atoms with Gasteiger partial charge in [0.2, 0.25) is 5.91 Å². The van der Waals surface area contributed by atoms with Crippen LogP contribution in [0.4, 0.5) is 4.79 Å². The SMILES string of the molecule is CC(C)(C)OC(=O)N1C[C@@H]2CC[C@H](C(=O)O)N2C(=O)[C@H]1Cc1c[nH]c2ccccc12. The highest BCUT2D eigenvalue weighted by Gasteiger charge is 2.50. The quantitative estimate of drug-likeness (QED) is 0.805. The third-order valence-corrected chi connectivity index (χ3v) is 5.83. The Balaban J connectivity index is 1.68. The van der Waals surface area contributed by atoms with E-state index in [2.05, 4.69) is 4.98 Å². The molecule has 2 aromatic rings. The number of benzene rings is 1. The number of nitrogens with one attached hydrogen (secondary N) is 1. The van der Waals surface area contributed by atoms with Crippen molar-refractivity contribution in [1.82, 2.24) is 14.8 Å². The summed E-state index contributed by atoms with van der Waals surface area (Å²) in [6.45, 7) is 5.63. The van der Waals surface area contributed by atoms with Gasteiger partial charge >= 0.3 is 12.1 Å². The van der Waals surface area contributed by atoms with Gasteiger partial charge in [-0.05, 0) is 45.2 Å². The summed E-state index contributed by atoms with van der Waals surface area (Å²) < 4.78 is 5.58. The minimum absolute atomic E-state index is 0.275. The first-order valence-electron chi connectivity index (χ1n) is 10.3. The lowest BCUT2D eigenvalue weighted by Crippen LogP contribution is -2.64. The maximum absolute atomic E-state index is 13.5. The van der Waals surface area contributed by atoms with Crippen molar-refractivity contribution in [2.24, 2.45) is 0 Å². The molecule has 1 aromatic carbocycles. The fourth-order valence-electron chi connectivity index (χ4n) is 4.53. The Morgan fingerprint density at radius 3 is 2.67 bits per heavy atom. The van der Waals surface area contributed by atoms with Crippen LogP contribution in [0.3, 0.4) is 0 Å². The number of piperazine rings is 1. The van der Waals surface area contributed by atoms with E-state index in [1.807, 2.05) is 30.5 Å². The minimum Gasteiger partial charge on any atom is -0.480 e. The third-order valence-electron chi connectivity index (χ3n) is 5.83. The number of para-hydroxylation sites is 1. The van der Waals surface area contributed by atoms with Crippen LogP contribution in [-0.2, 0) is 20.7 Å². The summed E-state index contributed by atoms with van der Waals surface area (Å²) in [6.07, 6.45) is 2.54. The van der Waals surface area contributed by atoms with Crippen LogP contribution in [-0.4, -0.2) is 68.1 Å². The normalized spacial score (nSPS) is 24.2. The highest BCUT2D eigenvalue weighted by molar-refractivity contribution is 5.92. The van der Waals surface area contributed by atoms with Crippen LogP contribution in [0.15, 0.2) is 30.5 Å². The largest absolute Gasteiger partial charge is 0.480 e. The Kier molecular flexibility index (Phi) is 4.95. The predicted octanol–water partition coefficient (Wildman–Crippen LogP) is 2.77. The van der Waals surface area contributed by atoms with E-state index in [0.717, 1.165) is 16.5 Å². The summed E-state index contributed by atoms with van der Waals surface area (Å²) in [5.41, 5.74) is 1.16. The maximum atomic E-state index is 13.5. The molecule has 0 radical (unpaired) electrons. The van der Waals surface area contributed by atoms with E-state index in [-0.39, 0.29) is 24.9 Å². The van der Waals surface area contributed by atoms with Crippen molar-refractivity contribution in [2.45, 2.75) is 63.8 Å². The zero-order valence-electron chi connectivity index (χ0n) is 17.4. The second-order valence-electron chi connectivity index (χ2n) is 9.04. The predicted molar refractivity (Wildman–Crippen MR) is 110 cm³/mol. The number of aromatic nitrogens is 1. The molecule has 0 bridgehead atoms. The number of carboxylic acid groups (broad SMARTS) is 1. The molecule has 8 heteroatoms. The van der Waals surface area contributed by atoms with Crippen molar-refractivity contribution in [2.75, 3.05) is 6.54 Å². The number of H-pyrrole nitrogens is 1. The lowest BCUT2D eigenvalue weighted by Gasteiger charge is -2.44. The van der Waals surface area contributed by atoms with E-state index in [1.54, 1.807) is 20.8 Å². The Hall–Kier alpha value is -3.03. The molecule has 1 aromatic heterocycles. The van der Waals surface area contributed by atoms with E-state index in [9.17, 15) is 19.5 Å². The number of hydrogen-bond donors (Lipinski definition) is 2. The van der Waals surface area contributed by atoms with Gasteiger partial charge in [-0.15, -0.1) is 0 Å². The summed E-state index contributed by atoms with van der Waals surface area (Å²) >= 11 is 0. The van der Waals surface area contributed by atoms with Crippen LogP contribution >= 0.6 is 0 Å². The number of ether oxygens (including phenoxy) is 1. The summed E-state index contributed by atoms with van der Waals surface area (Å²) in [4.78, 5) is 44.3. The van der Waals surface area contributed by atoms with Gasteiger partial charge < -0.3 is 19.7 Å². The molecule has 3 atom stereocenters. The Bertz CT molecular complexity index is 992. The van der Waals surface area contributed by atoms with E-state index >= 15 is 0 Å². The van der Waals surface area contributed by atoms with Crippen molar-refractivity contribution in [3.8, 4) is 0 Å². The minimum atomic E-state index is -0.998. The van der Waals surface area contributed by atoms with Gasteiger partial charge in [-0.1, -0.05) is 18.2 Å². The first-order valence-corrected chi connectivity index (χ1v) is 10.3. The van der Waals surface area contributed by atoms with Crippen molar-refractivity contribution in [1.29, 1.82) is 0 Å². The lowest BCUT2D eigenvalue weighted by atomic mass is 9.98. The fourth-order valence-corrected chi connectivity index (χ4v) is 4.53. The zero-order valence-corrected chi connectivity index (χ0v) is 17.4. The molecule has 160 valence electrons. The van der Waals surface area contributed by atoms with Crippen LogP contribution in [0.5, 0.6) is 0 Å². The van der Waals surface area contributed by atoms with Gasteiger partial charge in [0.25, 0.3) is 0 Å². The average Bonchev–Trinajstić information content (AvgIpc) is 3.27. The van der Waals surface area contributed by atoms with Crippen molar-refractivity contribution < 1.29 is 24.2 Å². The second kappa shape index (κ2) is 7.34. The van der Waals surface area contributed by atoms with Crippen molar-refractivity contribution in [3.05, 3.63) is 36.0 Å². The summed E-state index contributed by atoms with van der Waals surface area (Å²) in [5.74, 6) is -1.32.